The summed E-state index contributed by atoms with van der Waals surface area (Å²) in [6.45, 7) is 2.99. The summed E-state index contributed by atoms with van der Waals surface area (Å²) in [6.07, 6.45) is 2.50. The molecule has 0 amide bonds. The fourth-order valence-electron chi connectivity index (χ4n) is 2.15. The normalized spacial score (nSPS) is 20.7. The predicted molar refractivity (Wildman–Crippen MR) is 72.5 cm³/mol. The second kappa shape index (κ2) is 5.24. The van der Waals surface area contributed by atoms with E-state index in [0.717, 1.165) is 17.8 Å². The molecule has 0 radical (unpaired) electrons. The van der Waals surface area contributed by atoms with Crippen LogP contribution in [0.1, 0.15) is 12.5 Å². The lowest BCUT2D eigenvalue weighted by Crippen LogP contribution is -2.41. The van der Waals surface area contributed by atoms with E-state index in [0.29, 0.717) is 13.1 Å². The first-order chi connectivity index (χ1) is 8.48. The average molecular weight is 269 g/mol. The molecule has 0 aliphatic carbocycles. The van der Waals surface area contributed by atoms with Gasteiger partial charge in [-0.2, -0.15) is 0 Å². The lowest BCUT2D eigenvalue weighted by Gasteiger charge is -2.29. The van der Waals surface area contributed by atoms with Crippen LogP contribution in [0.4, 0.5) is 5.82 Å². The quantitative estimate of drug-likeness (QED) is 0.848. The van der Waals surface area contributed by atoms with Gasteiger partial charge in [-0.25, -0.2) is 13.4 Å². The van der Waals surface area contributed by atoms with Crippen LogP contribution in [0.3, 0.4) is 0 Å². The molecule has 6 heteroatoms. The number of anilines is 1. The van der Waals surface area contributed by atoms with Gasteiger partial charge in [0.25, 0.3) is 0 Å². The van der Waals surface area contributed by atoms with Crippen molar-refractivity contribution in [1.29, 1.82) is 0 Å². The number of nitrogens with zero attached hydrogens (tertiary/aromatic N) is 2. The summed E-state index contributed by atoms with van der Waals surface area (Å²) in [6, 6.07) is 3.97. The molecule has 2 N–H and O–H groups in total. The second-order valence-corrected chi connectivity index (χ2v) is 7.11. The fraction of sp³-hybridized carbons (Fsp3) is 0.583. The van der Waals surface area contributed by atoms with Crippen molar-refractivity contribution in [3.05, 3.63) is 23.9 Å². The predicted octanol–water partition coefficient (Wildman–Crippen LogP) is 0.206. The van der Waals surface area contributed by atoms with Crippen LogP contribution >= 0.6 is 0 Å². The van der Waals surface area contributed by atoms with E-state index in [9.17, 15) is 8.42 Å². The topological polar surface area (TPSA) is 76.3 Å². The lowest BCUT2D eigenvalue weighted by molar-refractivity contribution is 0.586. The first-order valence-electron chi connectivity index (χ1n) is 6.13. The van der Waals surface area contributed by atoms with Crippen molar-refractivity contribution < 1.29 is 8.42 Å². The van der Waals surface area contributed by atoms with Crippen LogP contribution in [0.2, 0.25) is 0 Å². The number of hydrogen-bond donors (Lipinski definition) is 1. The number of nitrogens with two attached hydrogens (primary N) is 1. The molecule has 1 aliphatic rings. The molecule has 1 aromatic heterocycles. The fourth-order valence-corrected chi connectivity index (χ4v) is 3.35. The van der Waals surface area contributed by atoms with E-state index < -0.39 is 9.84 Å². The van der Waals surface area contributed by atoms with Crippen LogP contribution in [-0.2, 0) is 16.3 Å². The highest BCUT2D eigenvalue weighted by atomic mass is 32.2. The molecule has 1 unspecified atom stereocenters. The molecule has 2 heterocycles. The molecule has 1 fully saturated rings. The maximum absolute atomic E-state index is 11.4. The number of pyridine rings is 1. The summed E-state index contributed by atoms with van der Waals surface area (Å²) in [5.41, 5.74) is 6.91. The maximum Gasteiger partial charge on any atom is 0.153 e. The largest absolute Gasteiger partial charge is 0.354 e. The Hall–Kier alpha value is -1.14. The first kappa shape index (κ1) is 13.3. The number of aromatic nitrogens is 1. The van der Waals surface area contributed by atoms with Crippen molar-refractivity contribution >= 4 is 15.7 Å². The van der Waals surface area contributed by atoms with Gasteiger partial charge >= 0.3 is 0 Å². The van der Waals surface area contributed by atoms with Crippen molar-refractivity contribution in [2.24, 2.45) is 5.73 Å². The van der Waals surface area contributed by atoms with E-state index in [2.05, 4.69) is 4.98 Å². The molecule has 2 rings (SSSR count). The molecule has 1 atom stereocenters. The van der Waals surface area contributed by atoms with Crippen molar-refractivity contribution in [3.8, 4) is 0 Å². The van der Waals surface area contributed by atoms with Gasteiger partial charge in [-0.05, 0) is 25.0 Å². The average Bonchev–Trinajstić information content (AvgIpc) is 2.29. The molecule has 1 aromatic rings. The summed E-state index contributed by atoms with van der Waals surface area (Å²) >= 11 is 0. The minimum atomic E-state index is -2.85. The molecule has 0 saturated carbocycles. The zero-order valence-corrected chi connectivity index (χ0v) is 11.4. The minimum absolute atomic E-state index is 0.0708. The van der Waals surface area contributed by atoms with Crippen molar-refractivity contribution in [1.82, 2.24) is 4.98 Å². The van der Waals surface area contributed by atoms with E-state index in [-0.39, 0.29) is 17.5 Å². The molecule has 100 valence electrons. The van der Waals surface area contributed by atoms with Crippen LogP contribution in [0, 0.1) is 0 Å². The summed E-state index contributed by atoms with van der Waals surface area (Å²) in [5, 5.41) is 0. The Morgan fingerprint density at radius 2 is 2.11 bits per heavy atom. The Bertz CT molecular complexity index is 500. The molecule has 5 nitrogen and oxygen atoms in total. The highest BCUT2D eigenvalue weighted by molar-refractivity contribution is 7.91. The van der Waals surface area contributed by atoms with Gasteiger partial charge in [-0.1, -0.05) is 6.07 Å². The highest BCUT2D eigenvalue weighted by Crippen LogP contribution is 2.20. The van der Waals surface area contributed by atoms with Crippen LogP contribution in [-0.4, -0.2) is 44.0 Å². The highest BCUT2D eigenvalue weighted by Gasteiger charge is 2.23. The summed E-state index contributed by atoms with van der Waals surface area (Å²) in [4.78, 5) is 6.42. The molecule has 0 spiro atoms. The monoisotopic (exact) mass is 269 g/mol. The van der Waals surface area contributed by atoms with Gasteiger partial charge in [-0.3, -0.25) is 0 Å². The minimum Gasteiger partial charge on any atom is -0.354 e. The SMILES string of the molecule is CC(N)Cc1cccnc1N1CCS(=O)(=O)CC1. The Kier molecular flexibility index (Phi) is 3.87. The first-order valence-corrected chi connectivity index (χ1v) is 7.95. The van der Waals surface area contributed by atoms with Gasteiger partial charge in [0.2, 0.25) is 0 Å². The number of sulfone groups is 1. The van der Waals surface area contributed by atoms with Gasteiger partial charge in [0.1, 0.15) is 5.82 Å². The van der Waals surface area contributed by atoms with Crippen molar-refractivity contribution in [3.63, 3.8) is 0 Å². The third-order valence-electron chi connectivity index (χ3n) is 3.05. The third-order valence-corrected chi connectivity index (χ3v) is 4.66. The Balaban J connectivity index is 2.18. The zero-order valence-electron chi connectivity index (χ0n) is 10.5. The number of hydrogen-bond acceptors (Lipinski definition) is 5. The summed E-state index contributed by atoms with van der Waals surface area (Å²) in [7, 11) is -2.85. The third kappa shape index (κ3) is 3.20. The second-order valence-electron chi connectivity index (χ2n) is 4.81. The van der Waals surface area contributed by atoms with E-state index in [1.54, 1.807) is 6.20 Å². The Morgan fingerprint density at radius 1 is 1.44 bits per heavy atom. The lowest BCUT2D eigenvalue weighted by atomic mass is 10.1. The van der Waals surface area contributed by atoms with Gasteiger partial charge < -0.3 is 10.6 Å². The van der Waals surface area contributed by atoms with Gasteiger partial charge in [0.05, 0.1) is 11.5 Å². The Labute approximate surface area is 108 Å². The summed E-state index contributed by atoms with van der Waals surface area (Å²) in [5.74, 6) is 1.30. The van der Waals surface area contributed by atoms with E-state index in [4.69, 9.17) is 5.73 Å². The molecule has 1 saturated heterocycles. The van der Waals surface area contributed by atoms with Gasteiger partial charge in [0.15, 0.2) is 9.84 Å². The Morgan fingerprint density at radius 3 is 2.72 bits per heavy atom. The molecule has 0 bridgehead atoms. The molecule has 18 heavy (non-hydrogen) atoms. The molecular weight excluding hydrogens is 250 g/mol. The standard InChI is InChI=1S/C12H19N3O2S/c1-10(13)9-11-3-2-4-14-12(11)15-5-7-18(16,17)8-6-15/h2-4,10H,5-9,13H2,1H3. The maximum atomic E-state index is 11.4. The van der Waals surface area contributed by atoms with Crippen LogP contribution < -0.4 is 10.6 Å². The van der Waals surface area contributed by atoms with Crippen LogP contribution in [0.5, 0.6) is 0 Å². The van der Waals surface area contributed by atoms with Crippen molar-refractivity contribution in [2.45, 2.75) is 19.4 Å². The molecule has 1 aliphatic heterocycles. The van der Waals surface area contributed by atoms with E-state index >= 15 is 0 Å². The van der Waals surface area contributed by atoms with Crippen LogP contribution in [0.15, 0.2) is 18.3 Å². The van der Waals surface area contributed by atoms with E-state index in [1.165, 1.54) is 0 Å². The van der Waals surface area contributed by atoms with Gasteiger partial charge in [-0.15, -0.1) is 0 Å². The van der Waals surface area contributed by atoms with Gasteiger partial charge in [0, 0.05) is 25.3 Å². The summed E-state index contributed by atoms with van der Waals surface area (Å²) < 4.78 is 22.8. The molecule has 0 aromatic carbocycles. The molecular formula is C12H19N3O2S. The van der Waals surface area contributed by atoms with Crippen molar-refractivity contribution in [2.75, 3.05) is 29.5 Å². The number of rotatable bonds is 3. The smallest absolute Gasteiger partial charge is 0.153 e. The van der Waals surface area contributed by atoms with E-state index in [1.807, 2.05) is 24.0 Å². The zero-order chi connectivity index (χ0) is 13.2. The van der Waals surface area contributed by atoms with Crippen LogP contribution in [0.25, 0.3) is 0 Å².